The highest BCUT2D eigenvalue weighted by Crippen LogP contribution is 2.13. The zero-order valence-electron chi connectivity index (χ0n) is 11.9. The second kappa shape index (κ2) is 8.90. The molecule has 0 aliphatic carbocycles. The largest absolute Gasteiger partial charge is 0.377 e. The molecule has 1 heterocycles. The molecule has 0 radical (unpaired) electrons. The average molecular weight is 242 g/mol. The molecule has 3 nitrogen and oxygen atoms in total. The molecule has 1 aliphatic heterocycles. The molecular weight excluding hydrogens is 212 g/mol. The van der Waals surface area contributed by atoms with Gasteiger partial charge in [-0.1, -0.05) is 20.8 Å². The first kappa shape index (κ1) is 14.9. The van der Waals surface area contributed by atoms with Crippen LogP contribution in [0.2, 0.25) is 0 Å². The van der Waals surface area contributed by atoms with Crippen LogP contribution in [-0.4, -0.2) is 50.3 Å². The number of hydrogen-bond acceptors (Lipinski definition) is 3. The van der Waals surface area contributed by atoms with Crippen molar-refractivity contribution >= 4 is 0 Å². The Morgan fingerprint density at radius 2 is 2.24 bits per heavy atom. The van der Waals surface area contributed by atoms with Crippen molar-refractivity contribution in [1.29, 1.82) is 0 Å². The Morgan fingerprint density at radius 3 is 2.82 bits per heavy atom. The quantitative estimate of drug-likeness (QED) is 0.627. The molecule has 102 valence electrons. The molecule has 1 fully saturated rings. The smallest absolute Gasteiger partial charge is 0.0702 e. The molecule has 1 N–H and O–H groups in total. The van der Waals surface area contributed by atoms with Crippen LogP contribution in [0.1, 0.15) is 40.0 Å². The summed E-state index contributed by atoms with van der Waals surface area (Å²) in [6.07, 6.45) is 4.24. The number of nitrogens with zero attached hydrogens (tertiary/aromatic N) is 1. The van der Waals surface area contributed by atoms with E-state index in [1.54, 1.807) is 0 Å². The van der Waals surface area contributed by atoms with E-state index in [2.05, 4.69) is 31.0 Å². The van der Waals surface area contributed by atoms with E-state index in [1.807, 2.05) is 0 Å². The van der Waals surface area contributed by atoms with E-state index < -0.39 is 0 Å². The fourth-order valence-corrected chi connectivity index (χ4v) is 2.27. The summed E-state index contributed by atoms with van der Waals surface area (Å²) in [6, 6.07) is 0. The van der Waals surface area contributed by atoms with Gasteiger partial charge in [0.05, 0.1) is 6.10 Å². The first-order valence-electron chi connectivity index (χ1n) is 7.27. The van der Waals surface area contributed by atoms with Crippen LogP contribution in [0.5, 0.6) is 0 Å². The Morgan fingerprint density at radius 1 is 1.41 bits per heavy atom. The normalized spacial score (nSPS) is 20.6. The molecular formula is C14H30N2O. The lowest BCUT2D eigenvalue weighted by Gasteiger charge is -2.23. The van der Waals surface area contributed by atoms with Crippen LogP contribution >= 0.6 is 0 Å². The third-order valence-corrected chi connectivity index (χ3v) is 3.31. The highest BCUT2D eigenvalue weighted by atomic mass is 16.5. The van der Waals surface area contributed by atoms with Crippen molar-refractivity contribution in [3.05, 3.63) is 0 Å². The van der Waals surface area contributed by atoms with Crippen LogP contribution in [0.15, 0.2) is 0 Å². The van der Waals surface area contributed by atoms with E-state index in [0.717, 1.165) is 38.7 Å². The third-order valence-electron chi connectivity index (χ3n) is 3.31. The van der Waals surface area contributed by atoms with Gasteiger partial charge in [-0.25, -0.2) is 0 Å². The Hall–Kier alpha value is -0.120. The third kappa shape index (κ3) is 7.02. The van der Waals surface area contributed by atoms with E-state index >= 15 is 0 Å². The van der Waals surface area contributed by atoms with Gasteiger partial charge >= 0.3 is 0 Å². The number of rotatable bonds is 9. The monoisotopic (exact) mass is 242 g/mol. The summed E-state index contributed by atoms with van der Waals surface area (Å²) in [7, 11) is 0. The number of ether oxygens (including phenoxy) is 1. The van der Waals surface area contributed by atoms with Crippen LogP contribution in [0.3, 0.4) is 0 Å². The van der Waals surface area contributed by atoms with Crippen LogP contribution in [0, 0.1) is 5.92 Å². The summed E-state index contributed by atoms with van der Waals surface area (Å²) in [6.45, 7) is 13.5. The number of hydrogen-bond donors (Lipinski definition) is 1. The number of likely N-dealkylation sites (N-methyl/N-ethyl adjacent to an activating group) is 1. The molecule has 0 aromatic carbocycles. The van der Waals surface area contributed by atoms with Crippen LogP contribution in [-0.2, 0) is 4.74 Å². The molecule has 0 bridgehead atoms. The van der Waals surface area contributed by atoms with Gasteiger partial charge in [0, 0.05) is 13.2 Å². The van der Waals surface area contributed by atoms with Gasteiger partial charge in [-0.2, -0.15) is 0 Å². The molecule has 0 aromatic heterocycles. The van der Waals surface area contributed by atoms with E-state index in [1.165, 1.54) is 25.8 Å². The zero-order valence-corrected chi connectivity index (χ0v) is 11.9. The minimum Gasteiger partial charge on any atom is -0.377 e. The molecule has 1 aliphatic rings. The zero-order chi connectivity index (χ0) is 12.5. The molecule has 1 atom stereocenters. The minimum absolute atomic E-state index is 0.499. The van der Waals surface area contributed by atoms with Gasteiger partial charge in [0.15, 0.2) is 0 Å². The van der Waals surface area contributed by atoms with Gasteiger partial charge in [0.1, 0.15) is 0 Å². The van der Waals surface area contributed by atoms with Crippen molar-refractivity contribution in [3.63, 3.8) is 0 Å². The summed E-state index contributed by atoms with van der Waals surface area (Å²) >= 11 is 0. The van der Waals surface area contributed by atoms with Gasteiger partial charge in [-0.05, 0) is 51.4 Å². The standard InChI is InChI=1S/C14H30N2O/c1-4-16(12-14-7-5-10-17-14)9-6-8-15-11-13(2)3/h13-15H,4-12H2,1-3H3. The highest BCUT2D eigenvalue weighted by Gasteiger charge is 2.17. The second-order valence-corrected chi connectivity index (χ2v) is 5.48. The summed E-state index contributed by atoms with van der Waals surface area (Å²) in [5.41, 5.74) is 0. The first-order chi connectivity index (χ1) is 8.22. The molecule has 0 aromatic rings. The summed E-state index contributed by atoms with van der Waals surface area (Å²) in [4.78, 5) is 2.52. The maximum atomic E-state index is 5.69. The molecule has 0 saturated carbocycles. The van der Waals surface area contributed by atoms with E-state index in [9.17, 15) is 0 Å². The van der Waals surface area contributed by atoms with Gasteiger partial charge < -0.3 is 15.0 Å². The predicted molar refractivity (Wildman–Crippen MR) is 73.4 cm³/mol. The van der Waals surface area contributed by atoms with Crippen molar-refractivity contribution in [2.45, 2.75) is 46.1 Å². The Kier molecular flexibility index (Phi) is 7.82. The van der Waals surface area contributed by atoms with E-state index in [-0.39, 0.29) is 0 Å². The SMILES string of the molecule is CCN(CCCNCC(C)C)CC1CCCO1. The second-order valence-electron chi connectivity index (χ2n) is 5.48. The first-order valence-corrected chi connectivity index (χ1v) is 7.27. The van der Waals surface area contributed by atoms with Gasteiger partial charge in [-0.3, -0.25) is 0 Å². The van der Waals surface area contributed by atoms with Crippen molar-refractivity contribution in [3.8, 4) is 0 Å². The lowest BCUT2D eigenvalue weighted by Crippen LogP contribution is -2.34. The van der Waals surface area contributed by atoms with Crippen molar-refractivity contribution < 1.29 is 4.74 Å². The van der Waals surface area contributed by atoms with E-state index in [0.29, 0.717) is 6.10 Å². The van der Waals surface area contributed by atoms with Crippen molar-refractivity contribution in [2.75, 3.05) is 39.3 Å². The Labute approximate surface area is 107 Å². The van der Waals surface area contributed by atoms with Crippen molar-refractivity contribution in [1.82, 2.24) is 10.2 Å². The summed E-state index contributed by atoms with van der Waals surface area (Å²) in [5.74, 6) is 0.754. The number of nitrogens with one attached hydrogen (secondary N) is 1. The topological polar surface area (TPSA) is 24.5 Å². The summed E-state index contributed by atoms with van der Waals surface area (Å²) < 4.78 is 5.69. The fraction of sp³-hybridized carbons (Fsp3) is 1.00. The van der Waals surface area contributed by atoms with Crippen LogP contribution < -0.4 is 5.32 Å². The lowest BCUT2D eigenvalue weighted by atomic mass is 10.2. The van der Waals surface area contributed by atoms with Gasteiger partial charge in [0.25, 0.3) is 0 Å². The molecule has 17 heavy (non-hydrogen) atoms. The molecule has 3 heteroatoms. The minimum atomic E-state index is 0.499. The molecule has 1 unspecified atom stereocenters. The summed E-state index contributed by atoms with van der Waals surface area (Å²) in [5, 5.41) is 3.50. The molecule has 0 spiro atoms. The van der Waals surface area contributed by atoms with Gasteiger partial charge in [-0.15, -0.1) is 0 Å². The average Bonchev–Trinajstić information content (AvgIpc) is 2.79. The molecule has 1 saturated heterocycles. The maximum absolute atomic E-state index is 5.69. The van der Waals surface area contributed by atoms with Crippen molar-refractivity contribution in [2.24, 2.45) is 5.92 Å². The van der Waals surface area contributed by atoms with Crippen LogP contribution in [0.4, 0.5) is 0 Å². The Balaban J connectivity index is 2.01. The van der Waals surface area contributed by atoms with E-state index in [4.69, 9.17) is 4.74 Å². The molecule has 1 rings (SSSR count). The Bertz CT molecular complexity index is 179. The highest BCUT2D eigenvalue weighted by molar-refractivity contribution is 4.70. The fourth-order valence-electron chi connectivity index (χ4n) is 2.27. The molecule has 0 amide bonds. The van der Waals surface area contributed by atoms with Gasteiger partial charge in [0.2, 0.25) is 0 Å². The lowest BCUT2D eigenvalue weighted by molar-refractivity contribution is 0.0745. The maximum Gasteiger partial charge on any atom is 0.0702 e. The predicted octanol–water partition coefficient (Wildman–Crippen LogP) is 2.12. The van der Waals surface area contributed by atoms with Crippen LogP contribution in [0.25, 0.3) is 0 Å².